The minimum absolute atomic E-state index is 0.0126. The number of carbonyl (C=O) groups is 2. The number of piperidine rings is 2. The van der Waals surface area contributed by atoms with E-state index in [0.717, 1.165) is 64.2 Å². The van der Waals surface area contributed by atoms with Crippen LogP contribution in [0.25, 0.3) is 0 Å². The number of amides is 2. The number of hydrogen-bond donors (Lipinski definition) is 1. The maximum atomic E-state index is 12.8. The number of unbranched alkanes of at least 4 members (excludes halogenated alkanes) is 2. The van der Waals surface area contributed by atoms with Crippen LogP contribution in [-0.4, -0.2) is 74.3 Å². The smallest absolute Gasteiger partial charge is 0.311 e. The molecule has 278 valence electrons. The summed E-state index contributed by atoms with van der Waals surface area (Å²) in [5, 5.41) is 4.69. The number of nitrogens with zero attached hydrogens (tertiary/aromatic N) is 3. The summed E-state index contributed by atoms with van der Waals surface area (Å²) in [5.74, 6) is -0.123. The molecule has 0 aromatic carbocycles. The van der Waals surface area contributed by atoms with Gasteiger partial charge in [-0.1, -0.05) is 64.2 Å². The molecule has 2 amide bonds. The van der Waals surface area contributed by atoms with Crippen LogP contribution in [0.15, 0.2) is 0 Å². The second-order valence-corrected chi connectivity index (χ2v) is 18.8. The second-order valence-electron chi connectivity index (χ2n) is 18.8. The first kappa shape index (κ1) is 39.6. The minimum atomic E-state index is -0.835. The molecule has 4 fully saturated rings. The third-order valence-electron chi connectivity index (χ3n) is 12.0. The average molecular weight is 675 g/mol. The zero-order valence-corrected chi connectivity index (χ0v) is 32.4. The van der Waals surface area contributed by atoms with Gasteiger partial charge in [0, 0.05) is 35.2 Å². The third-order valence-corrected chi connectivity index (χ3v) is 12.0. The van der Waals surface area contributed by atoms with Gasteiger partial charge in [-0.15, -0.1) is 0 Å². The maximum Gasteiger partial charge on any atom is 0.311 e. The Hall–Kier alpha value is -1.22. The number of carbonyl (C=O) groups excluding carboxylic acids is 2. The number of nitrogens with two attached hydrogens (primary N) is 1. The molecule has 8 heteroatoms. The molecule has 0 spiro atoms. The SMILES string of the molecule is CC1(C)CC(CCCCN(CCCCC2CC(C)(C)N(OC3CCCCC3)C(C)(C)C2)C(=O)C(N)=O)CC(C)(C)N1OC1CCCCC1. The van der Waals surface area contributed by atoms with Gasteiger partial charge in [-0.2, -0.15) is 10.1 Å². The Morgan fingerprint density at radius 2 is 0.917 bits per heavy atom. The molecule has 4 aliphatic rings. The Morgan fingerprint density at radius 3 is 1.23 bits per heavy atom. The highest BCUT2D eigenvalue weighted by Gasteiger charge is 2.48. The van der Waals surface area contributed by atoms with Crippen LogP contribution in [0, 0.1) is 11.8 Å². The Labute approximate surface area is 294 Å². The van der Waals surface area contributed by atoms with Crippen molar-refractivity contribution in [3.63, 3.8) is 0 Å². The number of rotatable bonds is 14. The molecule has 0 radical (unpaired) electrons. The van der Waals surface area contributed by atoms with Crippen LogP contribution >= 0.6 is 0 Å². The molecule has 8 nitrogen and oxygen atoms in total. The summed E-state index contributed by atoms with van der Waals surface area (Å²) >= 11 is 0. The predicted octanol–water partition coefficient (Wildman–Crippen LogP) is 8.71. The van der Waals surface area contributed by atoms with E-state index in [4.69, 9.17) is 15.4 Å². The van der Waals surface area contributed by atoms with Crippen molar-refractivity contribution in [3.05, 3.63) is 0 Å². The highest BCUT2D eigenvalue weighted by molar-refractivity contribution is 6.34. The topological polar surface area (TPSA) is 88.3 Å². The first-order valence-electron chi connectivity index (χ1n) is 20.0. The molecular weight excluding hydrogens is 600 g/mol. The molecule has 2 N–H and O–H groups in total. The van der Waals surface area contributed by atoms with Crippen molar-refractivity contribution in [2.45, 2.75) is 218 Å². The van der Waals surface area contributed by atoms with E-state index in [2.05, 4.69) is 65.5 Å². The van der Waals surface area contributed by atoms with Crippen LogP contribution < -0.4 is 5.73 Å². The zero-order valence-electron chi connectivity index (χ0n) is 32.4. The Bertz CT molecular complexity index is 926. The molecule has 2 saturated heterocycles. The first-order valence-corrected chi connectivity index (χ1v) is 20.0. The summed E-state index contributed by atoms with van der Waals surface area (Å²) in [5.41, 5.74) is 5.44. The lowest BCUT2D eigenvalue weighted by Gasteiger charge is -2.55. The van der Waals surface area contributed by atoms with Crippen molar-refractivity contribution < 1.29 is 19.3 Å². The van der Waals surface area contributed by atoms with E-state index < -0.39 is 11.8 Å². The van der Waals surface area contributed by atoms with Gasteiger partial charge in [-0.25, -0.2) is 0 Å². The highest BCUT2D eigenvalue weighted by Crippen LogP contribution is 2.46. The van der Waals surface area contributed by atoms with Crippen molar-refractivity contribution in [3.8, 4) is 0 Å². The molecule has 48 heavy (non-hydrogen) atoms. The molecule has 0 aromatic rings. The van der Waals surface area contributed by atoms with E-state index >= 15 is 0 Å². The normalized spacial score (nSPS) is 26.0. The second kappa shape index (κ2) is 16.9. The monoisotopic (exact) mass is 675 g/mol. The zero-order chi connectivity index (χ0) is 35.2. The van der Waals surface area contributed by atoms with Crippen LogP contribution in [-0.2, 0) is 19.3 Å². The summed E-state index contributed by atoms with van der Waals surface area (Å²) in [6.45, 7) is 19.9. The quantitative estimate of drug-likeness (QED) is 0.147. The summed E-state index contributed by atoms with van der Waals surface area (Å²) in [6, 6.07) is 0. The van der Waals surface area contributed by atoms with Crippen molar-refractivity contribution >= 4 is 11.8 Å². The fraction of sp³-hybridized carbons (Fsp3) is 0.950. The molecule has 2 aliphatic heterocycles. The van der Waals surface area contributed by atoms with Crippen molar-refractivity contribution in [1.29, 1.82) is 0 Å². The number of hydroxylamine groups is 4. The van der Waals surface area contributed by atoms with E-state index in [1.54, 1.807) is 4.90 Å². The number of primary amides is 1. The highest BCUT2D eigenvalue weighted by atomic mass is 16.7. The summed E-state index contributed by atoms with van der Waals surface area (Å²) < 4.78 is 0. The molecule has 2 aliphatic carbocycles. The lowest BCUT2D eigenvalue weighted by molar-refractivity contribution is -0.314. The first-order chi connectivity index (χ1) is 22.5. The molecule has 2 heterocycles. The molecule has 2 saturated carbocycles. The molecule has 0 aromatic heterocycles. The molecule has 4 rings (SSSR count). The van der Waals surface area contributed by atoms with Crippen molar-refractivity contribution in [1.82, 2.24) is 15.0 Å². The Kier molecular flexibility index (Phi) is 13.9. The van der Waals surface area contributed by atoms with Crippen LogP contribution in [0.5, 0.6) is 0 Å². The van der Waals surface area contributed by atoms with Gasteiger partial charge in [0.2, 0.25) is 0 Å². The van der Waals surface area contributed by atoms with Gasteiger partial charge in [0.05, 0.1) is 12.2 Å². The molecular formula is C40H74N4O4. The van der Waals surface area contributed by atoms with Crippen LogP contribution in [0.3, 0.4) is 0 Å². The van der Waals surface area contributed by atoms with Gasteiger partial charge >= 0.3 is 11.8 Å². The van der Waals surface area contributed by atoms with Gasteiger partial charge < -0.3 is 10.6 Å². The van der Waals surface area contributed by atoms with Gasteiger partial charge in [0.15, 0.2) is 0 Å². The molecule has 0 unspecified atom stereocenters. The number of hydrogen-bond acceptors (Lipinski definition) is 6. The van der Waals surface area contributed by atoms with Crippen LogP contribution in [0.4, 0.5) is 0 Å². The van der Waals surface area contributed by atoms with E-state index in [9.17, 15) is 9.59 Å². The van der Waals surface area contributed by atoms with Gasteiger partial charge in [0.25, 0.3) is 0 Å². The van der Waals surface area contributed by atoms with Gasteiger partial charge in [0.1, 0.15) is 0 Å². The van der Waals surface area contributed by atoms with Crippen molar-refractivity contribution in [2.24, 2.45) is 17.6 Å². The van der Waals surface area contributed by atoms with E-state index in [-0.39, 0.29) is 22.2 Å². The summed E-state index contributed by atoms with van der Waals surface area (Å²) in [6.07, 6.45) is 23.9. The minimum Gasteiger partial charge on any atom is -0.361 e. The van der Waals surface area contributed by atoms with Gasteiger partial charge in [-0.05, 0) is 131 Å². The summed E-state index contributed by atoms with van der Waals surface area (Å²) in [7, 11) is 0. The molecule has 0 bridgehead atoms. The van der Waals surface area contributed by atoms with Crippen LogP contribution in [0.1, 0.15) is 184 Å². The standard InChI is InChI=1S/C40H74N4O4/c1-37(2)27-31(28-38(3,4)43(37)47-33-21-11-9-12-22-33)19-15-17-25-42(36(46)35(41)45)26-18-16-20-32-29-39(5,6)44(40(7,8)30-32)48-34-23-13-10-14-24-34/h31-34H,9-30H2,1-8H3,(H2,41,45). The van der Waals surface area contributed by atoms with E-state index in [0.29, 0.717) is 37.1 Å². The van der Waals surface area contributed by atoms with Crippen molar-refractivity contribution in [2.75, 3.05) is 13.1 Å². The maximum absolute atomic E-state index is 12.8. The third kappa shape index (κ3) is 10.9. The van der Waals surface area contributed by atoms with Crippen LogP contribution in [0.2, 0.25) is 0 Å². The van der Waals surface area contributed by atoms with E-state index in [1.807, 2.05) is 0 Å². The lowest BCUT2D eigenvalue weighted by atomic mass is 9.73. The average Bonchev–Trinajstić information content (AvgIpc) is 3.00. The Balaban J connectivity index is 1.20. The lowest BCUT2D eigenvalue weighted by Crippen LogP contribution is -2.61. The molecule has 0 atom stereocenters. The van der Waals surface area contributed by atoms with E-state index in [1.165, 1.54) is 64.2 Å². The van der Waals surface area contributed by atoms with Gasteiger partial charge in [-0.3, -0.25) is 19.3 Å². The largest absolute Gasteiger partial charge is 0.361 e. The predicted molar refractivity (Wildman–Crippen MR) is 195 cm³/mol. The summed E-state index contributed by atoms with van der Waals surface area (Å²) in [4.78, 5) is 39.8. The Morgan fingerprint density at radius 1 is 0.583 bits per heavy atom. The fourth-order valence-electron chi connectivity index (χ4n) is 10.5. The fourth-order valence-corrected chi connectivity index (χ4v) is 10.5.